The minimum Gasteiger partial charge on any atom is -0.481 e. The maximum atomic E-state index is 11.1. The molecule has 17 heavy (non-hydrogen) atoms. The molecule has 0 saturated carbocycles. The smallest absolute Gasteiger partial charge is 0.309 e. The van der Waals surface area contributed by atoms with Crippen molar-refractivity contribution in [2.75, 3.05) is 26.2 Å². The molecule has 4 nitrogen and oxygen atoms in total. The van der Waals surface area contributed by atoms with Crippen molar-refractivity contribution >= 4 is 5.97 Å². The Morgan fingerprint density at radius 3 is 2.65 bits per heavy atom. The van der Waals surface area contributed by atoms with E-state index in [2.05, 4.69) is 4.90 Å². The monoisotopic (exact) mass is 241 g/mol. The van der Waals surface area contributed by atoms with Gasteiger partial charge in [0, 0.05) is 13.2 Å². The largest absolute Gasteiger partial charge is 0.481 e. The molecule has 0 aromatic rings. The summed E-state index contributed by atoms with van der Waals surface area (Å²) in [6, 6.07) is 0. The Kier molecular flexibility index (Phi) is 4.05. The summed E-state index contributed by atoms with van der Waals surface area (Å²) in [5.74, 6) is -0.647. The van der Waals surface area contributed by atoms with E-state index in [-0.39, 0.29) is 0 Å². The van der Waals surface area contributed by atoms with Crippen molar-refractivity contribution in [2.24, 2.45) is 5.41 Å². The van der Waals surface area contributed by atoms with Crippen LogP contribution in [0.25, 0.3) is 0 Å². The Balaban J connectivity index is 1.77. The molecular formula is C13H23NO3. The van der Waals surface area contributed by atoms with Gasteiger partial charge in [-0.25, -0.2) is 0 Å². The summed E-state index contributed by atoms with van der Waals surface area (Å²) in [6.07, 6.45) is 5.51. The zero-order valence-electron chi connectivity index (χ0n) is 10.7. The Bertz CT molecular complexity index is 266. The zero-order valence-corrected chi connectivity index (χ0v) is 10.7. The molecule has 0 radical (unpaired) electrons. The topological polar surface area (TPSA) is 49.8 Å². The van der Waals surface area contributed by atoms with Crippen LogP contribution in [0.3, 0.4) is 0 Å². The second-order valence-corrected chi connectivity index (χ2v) is 5.66. The highest BCUT2D eigenvalue weighted by atomic mass is 16.5. The Labute approximate surface area is 103 Å². The predicted molar refractivity (Wildman–Crippen MR) is 65.0 cm³/mol. The van der Waals surface area contributed by atoms with E-state index in [0.29, 0.717) is 6.10 Å². The van der Waals surface area contributed by atoms with Gasteiger partial charge in [-0.05, 0) is 52.1 Å². The van der Waals surface area contributed by atoms with Gasteiger partial charge in [0.05, 0.1) is 11.5 Å². The quantitative estimate of drug-likeness (QED) is 0.817. The van der Waals surface area contributed by atoms with E-state index >= 15 is 0 Å². The molecule has 1 N–H and O–H groups in total. The van der Waals surface area contributed by atoms with Gasteiger partial charge in [-0.15, -0.1) is 0 Å². The number of rotatable bonds is 3. The molecule has 0 aromatic carbocycles. The third-order valence-electron chi connectivity index (χ3n) is 4.21. The van der Waals surface area contributed by atoms with Gasteiger partial charge in [0.15, 0.2) is 0 Å². The molecule has 2 rings (SSSR count). The fourth-order valence-corrected chi connectivity index (χ4v) is 2.68. The minimum atomic E-state index is -0.647. The molecule has 0 aliphatic carbocycles. The van der Waals surface area contributed by atoms with Crippen molar-refractivity contribution in [1.29, 1.82) is 0 Å². The SMILES string of the molecule is CC1(C(=O)O)CCN(CC2CCCCO2)CC1. The summed E-state index contributed by atoms with van der Waals surface area (Å²) in [5, 5.41) is 9.16. The first-order valence-corrected chi connectivity index (χ1v) is 6.67. The van der Waals surface area contributed by atoms with Crippen LogP contribution in [0.4, 0.5) is 0 Å². The van der Waals surface area contributed by atoms with Crippen LogP contribution < -0.4 is 0 Å². The number of carbonyl (C=O) groups is 1. The highest BCUT2D eigenvalue weighted by Crippen LogP contribution is 2.31. The molecule has 2 fully saturated rings. The van der Waals surface area contributed by atoms with Gasteiger partial charge in [-0.1, -0.05) is 0 Å². The number of carboxylic acids is 1. The van der Waals surface area contributed by atoms with Crippen LogP contribution in [0.15, 0.2) is 0 Å². The number of piperidine rings is 1. The van der Waals surface area contributed by atoms with Gasteiger partial charge < -0.3 is 14.7 Å². The fourth-order valence-electron chi connectivity index (χ4n) is 2.68. The summed E-state index contributed by atoms with van der Waals surface area (Å²) >= 11 is 0. The number of ether oxygens (including phenoxy) is 1. The molecule has 2 saturated heterocycles. The lowest BCUT2D eigenvalue weighted by atomic mass is 9.80. The lowest BCUT2D eigenvalue weighted by molar-refractivity contribution is -0.151. The van der Waals surface area contributed by atoms with Crippen LogP contribution in [0.2, 0.25) is 0 Å². The Morgan fingerprint density at radius 2 is 2.12 bits per heavy atom. The highest BCUT2D eigenvalue weighted by Gasteiger charge is 2.37. The predicted octanol–water partition coefficient (Wildman–Crippen LogP) is 1.74. The van der Waals surface area contributed by atoms with Gasteiger partial charge in [-0.3, -0.25) is 4.79 Å². The summed E-state index contributed by atoms with van der Waals surface area (Å²) < 4.78 is 5.72. The number of carboxylic acid groups (broad SMARTS) is 1. The Hall–Kier alpha value is -0.610. The Morgan fingerprint density at radius 1 is 1.41 bits per heavy atom. The van der Waals surface area contributed by atoms with E-state index in [1.807, 2.05) is 6.92 Å². The minimum absolute atomic E-state index is 0.373. The maximum Gasteiger partial charge on any atom is 0.309 e. The standard InChI is InChI=1S/C13H23NO3/c1-13(12(15)16)5-7-14(8-6-13)10-11-4-2-3-9-17-11/h11H,2-10H2,1H3,(H,15,16). The number of nitrogens with zero attached hydrogens (tertiary/aromatic N) is 1. The third kappa shape index (κ3) is 3.19. The van der Waals surface area contributed by atoms with Crippen molar-refractivity contribution in [3.8, 4) is 0 Å². The molecule has 2 aliphatic heterocycles. The van der Waals surface area contributed by atoms with Crippen LogP contribution in [0, 0.1) is 5.41 Å². The van der Waals surface area contributed by atoms with Crippen LogP contribution in [-0.2, 0) is 9.53 Å². The van der Waals surface area contributed by atoms with Crippen molar-refractivity contribution in [3.05, 3.63) is 0 Å². The second-order valence-electron chi connectivity index (χ2n) is 5.66. The molecule has 98 valence electrons. The summed E-state index contributed by atoms with van der Waals surface area (Å²) in [4.78, 5) is 13.5. The molecule has 0 spiro atoms. The molecule has 0 bridgehead atoms. The third-order valence-corrected chi connectivity index (χ3v) is 4.21. The van der Waals surface area contributed by atoms with Crippen molar-refractivity contribution in [1.82, 2.24) is 4.90 Å². The summed E-state index contributed by atoms with van der Waals surface area (Å²) in [6.45, 7) is 5.52. The van der Waals surface area contributed by atoms with Gasteiger partial charge in [0.1, 0.15) is 0 Å². The van der Waals surface area contributed by atoms with Gasteiger partial charge >= 0.3 is 5.97 Å². The van der Waals surface area contributed by atoms with E-state index in [9.17, 15) is 4.79 Å². The van der Waals surface area contributed by atoms with Crippen LogP contribution >= 0.6 is 0 Å². The molecule has 0 aromatic heterocycles. The molecule has 2 aliphatic rings. The van der Waals surface area contributed by atoms with E-state index in [0.717, 1.165) is 45.5 Å². The van der Waals surface area contributed by atoms with Gasteiger partial charge in [0.25, 0.3) is 0 Å². The van der Waals surface area contributed by atoms with Crippen molar-refractivity contribution in [3.63, 3.8) is 0 Å². The van der Waals surface area contributed by atoms with Crippen molar-refractivity contribution < 1.29 is 14.6 Å². The van der Waals surface area contributed by atoms with Gasteiger partial charge in [-0.2, -0.15) is 0 Å². The summed E-state index contributed by atoms with van der Waals surface area (Å²) in [7, 11) is 0. The molecule has 0 amide bonds. The van der Waals surface area contributed by atoms with E-state index in [1.54, 1.807) is 0 Å². The van der Waals surface area contributed by atoms with E-state index in [1.165, 1.54) is 12.8 Å². The second kappa shape index (κ2) is 5.36. The van der Waals surface area contributed by atoms with Gasteiger partial charge in [0.2, 0.25) is 0 Å². The number of likely N-dealkylation sites (tertiary alicyclic amines) is 1. The number of hydrogen-bond donors (Lipinski definition) is 1. The average molecular weight is 241 g/mol. The first-order valence-electron chi connectivity index (χ1n) is 6.67. The maximum absolute atomic E-state index is 11.1. The summed E-state index contributed by atoms with van der Waals surface area (Å²) in [5.41, 5.74) is -0.510. The first-order chi connectivity index (χ1) is 8.10. The normalized spacial score (nSPS) is 30.1. The molecule has 4 heteroatoms. The zero-order chi connectivity index (χ0) is 12.3. The number of hydrogen-bond acceptors (Lipinski definition) is 3. The van der Waals surface area contributed by atoms with Crippen LogP contribution in [-0.4, -0.2) is 48.3 Å². The van der Waals surface area contributed by atoms with E-state index in [4.69, 9.17) is 9.84 Å². The molecular weight excluding hydrogens is 218 g/mol. The van der Waals surface area contributed by atoms with Crippen LogP contribution in [0.5, 0.6) is 0 Å². The van der Waals surface area contributed by atoms with Crippen LogP contribution in [0.1, 0.15) is 39.0 Å². The average Bonchev–Trinajstić information content (AvgIpc) is 2.33. The lowest BCUT2D eigenvalue weighted by Crippen LogP contribution is -2.45. The fraction of sp³-hybridized carbons (Fsp3) is 0.923. The first kappa shape index (κ1) is 12.8. The van der Waals surface area contributed by atoms with Crippen molar-refractivity contribution in [2.45, 2.75) is 45.1 Å². The number of aliphatic carboxylic acids is 1. The molecule has 2 heterocycles. The lowest BCUT2D eigenvalue weighted by Gasteiger charge is -2.38. The molecule has 1 atom stereocenters. The van der Waals surface area contributed by atoms with E-state index < -0.39 is 11.4 Å². The highest BCUT2D eigenvalue weighted by molar-refractivity contribution is 5.74. The molecule has 1 unspecified atom stereocenters.